The monoisotopic (exact) mass is 415 g/mol. The molecule has 6 heteroatoms. The summed E-state index contributed by atoms with van der Waals surface area (Å²) in [7, 11) is 1.60. The number of aromatic nitrogens is 2. The Morgan fingerprint density at radius 1 is 0.935 bits per heavy atom. The van der Waals surface area contributed by atoms with Crippen molar-refractivity contribution in [3.63, 3.8) is 0 Å². The molecule has 0 radical (unpaired) electrons. The highest BCUT2D eigenvalue weighted by Crippen LogP contribution is 2.25. The van der Waals surface area contributed by atoms with Crippen LogP contribution < -0.4 is 10.1 Å². The molecule has 1 amide bonds. The molecule has 0 aliphatic rings. The molecular weight excluding hydrogens is 393 g/mol. The van der Waals surface area contributed by atoms with Gasteiger partial charge in [-0.05, 0) is 85.6 Å². The number of hydrogen-bond donors (Lipinski definition) is 1. The van der Waals surface area contributed by atoms with E-state index < -0.39 is 0 Å². The molecule has 4 aromatic rings. The molecule has 0 spiro atoms. The van der Waals surface area contributed by atoms with Crippen LogP contribution in [0, 0.1) is 19.7 Å². The molecule has 4 rings (SSSR count). The molecule has 0 aliphatic heterocycles. The second kappa shape index (κ2) is 8.44. The first-order valence-electron chi connectivity index (χ1n) is 9.83. The number of amides is 1. The maximum Gasteiger partial charge on any atom is 0.274 e. The molecule has 156 valence electrons. The summed E-state index contributed by atoms with van der Waals surface area (Å²) in [5, 5.41) is 7.52. The third-order valence-corrected chi connectivity index (χ3v) is 5.16. The Hall–Kier alpha value is -3.93. The Labute approximate surface area is 180 Å². The minimum atomic E-state index is -0.363. The highest BCUT2D eigenvalue weighted by molar-refractivity contribution is 6.04. The summed E-state index contributed by atoms with van der Waals surface area (Å²) in [6, 6.07) is 20.8. The zero-order valence-electron chi connectivity index (χ0n) is 17.5. The van der Waals surface area contributed by atoms with Gasteiger partial charge in [-0.2, -0.15) is 5.10 Å². The molecule has 0 saturated heterocycles. The van der Waals surface area contributed by atoms with Crippen LogP contribution in [-0.4, -0.2) is 22.8 Å². The summed E-state index contributed by atoms with van der Waals surface area (Å²) in [6.07, 6.45) is 0. The van der Waals surface area contributed by atoms with E-state index in [1.165, 1.54) is 29.8 Å². The molecule has 1 aromatic heterocycles. The van der Waals surface area contributed by atoms with Crippen LogP contribution in [0.25, 0.3) is 16.9 Å². The van der Waals surface area contributed by atoms with E-state index in [-0.39, 0.29) is 11.7 Å². The van der Waals surface area contributed by atoms with Crippen LogP contribution in [0.5, 0.6) is 5.75 Å². The van der Waals surface area contributed by atoms with Gasteiger partial charge in [0.05, 0.1) is 18.5 Å². The molecule has 0 fully saturated rings. The third-order valence-electron chi connectivity index (χ3n) is 5.16. The highest BCUT2D eigenvalue weighted by Gasteiger charge is 2.18. The number of aryl methyl sites for hydroxylation is 2. The number of ether oxygens (including phenoxy) is 1. The Balaban J connectivity index is 1.76. The van der Waals surface area contributed by atoms with Gasteiger partial charge in [-0.3, -0.25) is 4.79 Å². The minimum absolute atomic E-state index is 0.343. The number of carbonyl (C=O) groups is 1. The number of nitrogens with zero attached hydrogens (tertiary/aromatic N) is 2. The SMILES string of the molecule is COc1ccc(-n2nc(-c3ccc(C)c(C)c3)cc2C(=O)Nc2ccc(F)cc2)cc1. The van der Waals surface area contributed by atoms with Gasteiger partial charge in [0.25, 0.3) is 5.91 Å². The fourth-order valence-electron chi connectivity index (χ4n) is 3.23. The molecule has 31 heavy (non-hydrogen) atoms. The van der Waals surface area contributed by atoms with Crippen molar-refractivity contribution in [1.82, 2.24) is 9.78 Å². The molecular formula is C25H22FN3O2. The van der Waals surface area contributed by atoms with Crippen LogP contribution in [0.4, 0.5) is 10.1 Å². The molecule has 1 heterocycles. The lowest BCUT2D eigenvalue weighted by Gasteiger charge is -2.09. The summed E-state index contributed by atoms with van der Waals surface area (Å²) in [6.45, 7) is 4.10. The van der Waals surface area contributed by atoms with E-state index in [0.29, 0.717) is 22.8 Å². The Morgan fingerprint density at radius 2 is 1.65 bits per heavy atom. The van der Waals surface area contributed by atoms with Crippen LogP contribution >= 0.6 is 0 Å². The number of benzene rings is 3. The van der Waals surface area contributed by atoms with Crippen LogP contribution in [-0.2, 0) is 0 Å². The lowest BCUT2D eigenvalue weighted by Crippen LogP contribution is -2.17. The van der Waals surface area contributed by atoms with Gasteiger partial charge >= 0.3 is 0 Å². The van der Waals surface area contributed by atoms with Crippen molar-refractivity contribution in [2.45, 2.75) is 13.8 Å². The van der Waals surface area contributed by atoms with Crippen LogP contribution in [0.1, 0.15) is 21.6 Å². The van der Waals surface area contributed by atoms with Crippen molar-refractivity contribution in [1.29, 1.82) is 0 Å². The van der Waals surface area contributed by atoms with E-state index in [4.69, 9.17) is 9.84 Å². The number of methoxy groups -OCH3 is 1. The predicted octanol–water partition coefficient (Wildman–Crippen LogP) is 5.56. The average Bonchev–Trinajstić information content (AvgIpc) is 3.23. The van der Waals surface area contributed by atoms with Crippen molar-refractivity contribution in [2.24, 2.45) is 0 Å². The normalized spacial score (nSPS) is 10.7. The zero-order valence-corrected chi connectivity index (χ0v) is 17.5. The van der Waals surface area contributed by atoms with Gasteiger partial charge in [0.15, 0.2) is 0 Å². The maximum atomic E-state index is 13.2. The summed E-state index contributed by atoms with van der Waals surface area (Å²) in [4.78, 5) is 13.1. The molecule has 3 aromatic carbocycles. The lowest BCUT2D eigenvalue weighted by molar-refractivity contribution is 0.101. The molecule has 5 nitrogen and oxygen atoms in total. The fraction of sp³-hybridized carbons (Fsp3) is 0.120. The van der Waals surface area contributed by atoms with Gasteiger partial charge in [0.1, 0.15) is 17.3 Å². The fourth-order valence-corrected chi connectivity index (χ4v) is 3.23. The lowest BCUT2D eigenvalue weighted by atomic mass is 10.0. The van der Waals surface area contributed by atoms with Gasteiger partial charge < -0.3 is 10.1 Å². The molecule has 0 aliphatic carbocycles. The number of rotatable bonds is 5. The minimum Gasteiger partial charge on any atom is -0.497 e. The smallest absolute Gasteiger partial charge is 0.274 e. The summed E-state index contributed by atoms with van der Waals surface area (Å²) in [5.41, 5.74) is 5.53. The van der Waals surface area contributed by atoms with Crippen molar-refractivity contribution in [2.75, 3.05) is 12.4 Å². The zero-order chi connectivity index (χ0) is 22.0. The average molecular weight is 415 g/mol. The number of anilines is 1. The largest absolute Gasteiger partial charge is 0.497 e. The first-order valence-corrected chi connectivity index (χ1v) is 9.83. The van der Waals surface area contributed by atoms with Crippen LogP contribution in [0.3, 0.4) is 0 Å². The number of hydrogen-bond acceptors (Lipinski definition) is 3. The highest BCUT2D eigenvalue weighted by atomic mass is 19.1. The topological polar surface area (TPSA) is 56.2 Å². The third kappa shape index (κ3) is 4.33. The summed E-state index contributed by atoms with van der Waals surface area (Å²) in [5.74, 6) is 0.00548. The summed E-state index contributed by atoms with van der Waals surface area (Å²) >= 11 is 0. The van der Waals surface area contributed by atoms with Crippen molar-refractivity contribution in [3.05, 3.63) is 95.4 Å². The van der Waals surface area contributed by atoms with Crippen LogP contribution in [0.15, 0.2) is 72.8 Å². The van der Waals surface area contributed by atoms with E-state index in [1.54, 1.807) is 17.9 Å². The molecule has 1 N–H and O–H groups in total. The van der Waals surface area contributed by atoms with E-state index >= 15 is 0 Å². The standard InChI is InChI=1S/C25H22FN3O2/c1-16-4-5-18(14-17(16)2)23-15-24(25(30)27-20-8-6-19(26)7-9-20)29(28-23)21-10-12-22(31-3)13-11-21/h4-15H,1-3H3,(H,27,30). The first kappa shape index (κ1) is 20.3. The van der Waals surface area contributed by atoms with Crippen molar-refractivity contribution >= 4 is 11.6 Å². The number of nitrogens with one attached hydrogen (secondary N) is 1. The van der Waals surface area contributed by atoms with E-state index in [1.807, 2.05) is 43.3 Å². The number of carbonyl (C=O) groups excluding carboxylic acids is 1. The molecule has 0 bridgehead atoms. The Morgan fingerprint density at radius 3 is 2.29 bits per heavy atom. The van der Waals surface area contributed by atoms with E-state index in [2.05, 4.69) is 18.3 Å². The maximum absolute atomic E-state index is 13.2. The molecule has 0 saturated carbocycles. The second-order valence-corrected chi connectivity index (χ2v) is 7.28. The summed E-state index contributed by atoms with van der Waals surface area (Å²) < 4.78 is 20.0. The van der Waals surface area contributed by atoms with E-state index in [9.17, 15) is 9.18 Å². The van der Waals surface area contributed by atoms with Crippen molar-refractivity contribution in [3.8, 4) is 22.7 Å². The van der Waals surface area contributed by atoms with Gasteiger partial charge in [-0.1, -0.05) is 12.1 Å². The molecule has 0 atom stereocenters. The van der Waals surface area contributed by atoms with Gasteiger partial charge in [-0.15, -0.1) is 0 Å². The van der Waals surface area contributed by atoms with Crippen molar-refractivity contribution < 1.29 is 13.9 Å². The number of halogens is 1. The van der Waals surface area contributed by atoms with Gasteiger partial charge in [0.2, 0.25) is 0 Å². The van der Waals surface area contributed by atoms with Gasteiger partial charge in [-0.25, -0.2) is 9.07 Å². The Kier molecular flexibility index (Phi) is 5.54. The quantitative estimate of drug-likeness (QED) is 0.465. The van der Waals surface area contributed by atoms with Crippen LogP contribution in [0.2, 0.25) is 0 Å². The molecule has 0 unspecified atom stereocenters. The second-order valence-electron chi connectivity index (χ2n) is 7.28. The predicted molar refractivity (Wildman–Crippen MR) is 119 cm³/mol. The Bertz CT molecular complexity index is 1230. The van der Waals surface area contributed by atoms with Gasteiger partial charge in [0, 0.05) is 11.3 Å². The first-order chi connectivity index (χ1) is 14.9. The van der Waals surface area contributed by atoms with E-state index in [0.717, 1.165) is 16.8 Å².